The van der Waals surface area contributed by atoms with Crippen LogP contribution in [0.3, 0.4) is 0 Å². The molecule has 2 aromatic rings. The standard InChI is InChI=1S/C10H8N2O.3ClH/c11-10(13)9-5-7-3-1-2-4-8(7)6-12-9;;;/h1-6H,(H2,11,13);3*1H. The summed E-state index contributed by atoms with van der Waals surface area (Å²) in [5.41, 5.74) is 5.41. The van der Waals surface area contributed by atoms with Crippen LogP contribution in [0.15, 0.2) is 36.5 Å². The van der Waals surface area contributed by atoms with E-state index in [1.807, 2.05) is 24.3 Å². The fraction of sp³-hybridized carbons (Fsp3) is 0. The number of rotatable bonds is 1. The number of halogens is 3. The minimum atomic E-state index is -0.495. The second kappa shape index (κ2) is 7.28. The van der Waals surface area contributed by atoms with Gasteiger partial charge in [-0.1, -0.05) is 24.3 Å². The molecule has 1 heterocycles. The first-order valence-corrected chi connectivity index (χ1v) is 3.92. The van der Waals surface area contributed by atoms with Crippen LogP contribution in [0, 0.1) is 0 Å². The molecule has 0 aliphatic heterocycles. The van der Waals surface area contributed by atoms with Crippen LogP contribution in [0.4, 0.5) is 0 Å². The van der Waals surface area contributed by atoms with Crippen molar-refractivity contribution in [3.05, 3.63) is 42.2 Å². The number of hydrogen-bond donors (Lipinski definition) is 1. The lowest BCUT2D eigenvalue weighted by molar-refractivity contribution is 0.0996. The van der Waals surface area contributed by atoms with Crippen molar-refractivity contribution in [2.75, 3.05) is 0 Å². The van der Waals surface area contributed by atoms with Gasteiger partial charge in [-0.05, 0) is 11.5 Å². The molecule has 1 aromatic carbocycles. The molecule has 3 nitrogen and oxygen atoms in total. The summed E-state index contributed by atoms with van der Waals surface area (Å²) < 4.78 is 0. The van der Waals surface area contributed by atoms with Crippen molar-refractivity contribution in [2.45, 2.75) is 0 Å². The molecule has 0 aliphatic rings. The van der Waals surface area contributed by atoms with E-state index in [-0.39, 0.29) is 37.2 Å². The molecule has 2 N–H and O–H groups in total. The van der Waals surface area contributed by atoms with E-state index < -0.39 is 5.91 Å². The number of amides is 1. The molecule has 0 atom stereocenters. The zero-order chi connectivity index (χ0) is 9.26. The molecule has 16 heavy (non-hydrogen) atoms. The van der Waals surface area contributed by atoms with Gasteiger partial charge in [0.15, 0.2) is 0 Å². The number of pyridine rings is 1. The molecule has 6 heteroatoms. The molecule has 0 bridgehead atoms. The molecule has 0 spiro atoms. The first kappa shape index (κ1) is 17.4. The number of fused-ring (bicyclic) bond motifs is 1. The van der Waals surface area contributed by atoms with E-state index in [1.54, 1.807) is 12.3 Å². The third kappa shape index (κ3) is 3.52. The molecule has 0 saturated heterocycles. The Hall–Kier alpha value is -1.03. The zero-order valence-electron chi connectivity index (χ0n) is 8.12. The predicted octanol–water partition coefficient (Wildman–Crippen LogP) is 2.60. The van der Waals surface area contributed by atoms with Gasteiger partial charge in [-0.2, -0.15) is 0 Å². The average Bonchev–Trinajstić information content (AvgIpc) is 2.17. The summed E-state index contributed by atoms with van der Waals surface area (Å²) in [6.07, 6.45) is 1.65. The number of nitrogens with zero attached hydrogens (tertiary/aromatic N) is 1. The van der Waals surface area contributed by atoms with Gasteiger partial charge in [-0.25, -0.2) is 0 Å². The highest BCUT2D eigenvalue weighted by molar-refractivity contribution is 5.95. The van der Waals surface area contributed by atoms with E-state index in [9.17, 15) is 4.79 Å². The van der Waals surface area contributed by atoms with Crippen molar-refractivity contribution < 1.29 is 4.79 Å². The molecule has 1 aromatic heterocycles. The smallest absolute Gasteiger partial charge is 0.267 e. The second-order valence-corrected chi connectivity index (χ2v) is 2.78. The minimum absolute atomic E-state index is 0. The van der Waals surface area contributed by atoms with Gasteiger partial charge in [0.1, 0.15) is 5.69 Å². The van der Waals surface area contributed by atoms with Gasteiger partial charge in [0.2, 0.25) is 0 Å². The SMILES string of the molecule is Cl.Cl.Cl.NC(=O)c1cc2ccccc2cn1. The first-order chi connectivity index (χ1) is 6.27. The maximum atomic E-state index is 10.8. The molecule has 0 aliphatic carbocycles. The monoisotopic (exact) mass is 280 g/mol. The van der Waals surface area contributed by atoms with Crippen LogP contribution in [0.25, 0.3) is 10.8 Å². The van der Waals surface area contributed by atoms with Crippen molar-refractivity contribution in [2.24, 2.45) is 5.73 Å². The van der Waals surface area contributed by atoms with Gasteiger partial charge >= 0.3 is 0 Å². The van der Waals surface area contributed by atoms with Crippen molar-refractivity contribution in [1.82, 2.24) is 4.98 Å². The van der Waals surface area contributed by atoms with Crippen LogP contribution in [-0.2, 0) is 0 Å². The number of aromatic nitrogens is 1. The van der Waals surface area contributed by atoms with Gasteiger partial charge in [0, 0.05) is 11.6 Å². The van der Waals surface area contributed by atoms with Gasteiger partial charge < -0.3 is 5.73 Å². The van der Waals surface area contributed by atoms with E-state index in [4.69, 9.17) is 5.73 Å². The number of carbonyl (C=O) groups is 1. The summed E-state index contributed by atoms with van der Waals surface area (Å²) in [5.74, 6) is -0.495. The summed E-state index contributed by atoms with van der Waals surface area (Å²) in [6.45, 7) is 0. The van der Waals surface area contributed by atoms with Crippen LogP contribution in [0.1, 0.15) is 10.5 Å². The van der Waals surface area contributed by atoms with Crippen LogP contribution in [0.5, 0.6) is 0 Å². The quantitative estimate of drug-likeness (QED) is 0.873. The Morgan fingerprint density at radius 3 is 2.19 bits per heavy atom. The predicted molar refractivity (Wildman–Crippen MR) is 72.0 cm³/mol. The maximum absolute atomic E-state index is 10.8. The summed E-state index contributed by atoms with van der Waals surface area (Å²) in [4.78, 5) is 14.7. The Morgan fingerprint density at radius 2 is 1.62 bits per heavy atom. The first-order valence-electron chi connectivity index (χ1n) is 3.92. The summed E-state index contributed by atoms with van der Waals surface area (Å²) in [7, 11) is 0. The highest BCUT2D eigenvalue weighted by Crippen LogP contribution is 2.12. The van der Waals surface area contributed by atoms with Crippen LogP contribution in [-0.4, -0.2) is 10.9 Å². The Balaban J connectivity index is 0. The summed E-state index contributed by atoms with van der Waals surface area (Å²) in [6, 6.07) is 9.38. The van der Waals surface area contributed by atoms with Gasteiger partial charge in [0.25, 0.3) is 5.91 Å². The molecular weight excluding hydrogens is 270 g/mol. The third-order valence-corrected chi connectivity index (χ3v) is 1.88. The lowest BCUT2D eigenvalue weighted by atomic mass is 10.1. The van der Waals surface area contributed by atoms with Crippen molar-refractivity contribution >= 4 is 53.9 Å². The van der Waals surface area contributed by atoms with Crippen LogP contribution >= 0.6 is 37.2 Å². The van der Waals surface area contributed by atoms with Gasteiger partial charge in [0.05, 0.1) is 0 Å². The summed E-state index contributed by atoms with van der Waals surface area (Å²) >= 11 is 0. The van der Waals surface area contributed by atoms with Crippen molar-refractivity contribution in [3.63, 3.8) is 0 Å². The number of hydrogen-bond acceptors (Lipinski definition) is 2. The zero-order valence-corrected chi connectivity index (χ0v) is 10.6. The molecular formula is C10H11Cl3N2O. The Morgan fingerprint density at radius 1 is 1.06 bits per heavy atom. The van der Waals surface area contributed by atoms with Crippen molar-refractivity contribution in [3.8, 4) is 0 Å². The Kier molecular flexibility index (Phi) is 7.90. The molecule has 0 unspecified atom stereocenters. The highest BCUT2D eigenvalue weighted by atomic mass is 35.5. The number of benzene rings is 1. The number of nitrogens with two attached hydrogens (primary N) is 1. The van der Waals surface area contributed by atoms with E-state index in [0.717, 1.165) is 10.8 Å². The molecule has 88 valence electrons. The fourth-order valence-corrected chi connectivity index (χ4v) is 1.22. The second-order valence-electron chi connectivity index (χ2n) is 2.78. The van der Waals surface area contributed by atoms with E-state index >= 15 is 0 Å². The highest BCUT2D eigenvalue weighted by Gasteiger charge is 2.01. The fourth-order valence-electron chi connectivity index (χ4n) is 1.22. The van der Waals surface area contributed by atoms with Gasteiger partial charge in [-0.3, -0.25) is 9.78 Å². The molecule has 1 amide bonds. The lowest BCUT2D eigenvalue weighted by Gasteiger charge is -1.97. The minimum Gasteiger partial charge on any atom is -0.364 e. The average molecular weight is 282 g/mol. The molecule has 0 fully saturated rings. The maximum Gasteiger partial charge on any atom is 0.267 e. The van der Waals surface area contributed by atoms with E-state index in [2.05, 4.69) is 4.98 Å². The largest absolute Gasteiger partial charge is 0.364 e. The number of primary amides is 1. The Labute approximate surface area is 112 Å². The summed E-state index contributed by atoms with van der Waals surface area (Å²) in [5, 5.41) is 1.99. The van der Waals surface area contributed by atoms with Gasteiger partial charge in [-0.15, -0.1) is 37.2 Å². The third-order valence-electron chi connectivity index (χ3n) is 1.88. The van der Waals surface area contributed by atoms with E-state index in [0.29, 0.717) is 5.69 Å². The Bertz CT molecular complexity index is 476. The topological polar surface area (TPSA) is 56.0 Å². The van der Waals surface area contributed by atoms with E-state index in [1.165, 1.54) is 0 Å². The van der Waals surface area contributed by atoms with Crippen LogP contribution in [0.2, 0.25) is 0 Å². The molecule has 2 rings (SSSR count). The number of carbonyl (C=O) groups excluding carboxylic acids is 1. The molecule has 0 saturated carbocycles. The normalized spacial score (nSPS) is 8.25. The lowest BCUT2D eigenvalue weighted by Crippen LogP contribution is -2.12. The van der Waals surface area contributed by atoms with Crippen molar-refractivity contribution in [1.29, 1.82) is 0 Å². The van der Waals surface area contributed by atoms with Crippen LogP contribution < -0.4 is 5.73 Å². The molecule has 0 radical (unpaired) electrons.